The van der Waals surface area contributed by atoms with Gasteiger partial charge in [0, 0.05) is 5.41 Å². The van der Waals surface area contributed by atoms with Crippen LogP contribution in [-0.4, -0.2) is 29.0 Å². The predicted molar refractivity (Wildman–Crippen MR) is 79.9 cm³/mol. The molecule has 0 spiro atoms. The lowest BCUT2D eigenvalue weighted by Crippen LogP contribution is -2.47. The van der Waals surface area contributed by atoms with Crippen LogP contribution in [0.2, 0.25) is 0 Å². The third-order valence-corrected chi connectivity index (χ3v) is 2.87. The number of benzene rings is 1. The number of carbonyl (C=O) groups is 3. The van der Waals surface area contributed by atoms with Gasteiger partial charge >= 0.3 is 11.9 Å². The van der Waals surface area contributed by atoms with E-state index in [1.165, 1.54) is 0 Å². The molecule has 1 rings (SSSR count). The lowest BCUT2D eigenvalue weighted by atomic mass is 9.95. The maximum Gasteiger partial charge on any atom is 0.329 e. The number of carboxylic acid groups (broad SMARTS) is 1. The van der Waals surface area contributed by atoms with Crippen molar-refractivity contribution in [3.05, 3.63) is 35.9 Å². The van der Waals surface area contributed by atoms with E-state index in [0.717, 1.165) is 5.56 Å². The Morgan fingerprint density at radius 1 is 1.18 bits per heavy atom. The lowest BCUT2D eigenvalue weighted by Gasteiger charge is -2.22. The summed E-state index contributed by atoms with van der Waals surface area (Å²) in [6.45, 7) is 5.06. The van der Waals surface area contributed by atoms with Crippen molar-refractivity contribution in [3.63, 3.8) is 0 Å². The molecule has 0 aliphatic carbocycles. The van der Waals surface area contributed by atoms with E-state index >= 15 is 0 Å². The highest BCUT2D eigenvalue weighted by Gasteiger charge is 2.30. The number of carboxylic acids is 1. The molecular formula is C16H21NO5. The van der Waals surface area contributed by atoms with Crippen molar-refractivity contribution in [1.29, 1.82) is 0 Å². The molecule has 0 aliphatic heterocycles. The molecule has 1 atom stereocenters. The molecule has 0 aliphatic rings. The SMILES string of the molecule is CC(C)(C)C(=O)N[C@@H](CC(=O)O)C(=O)OCc1ccccc1. The summed E-state index contributed by atoms with van der Waals surface area (Å²) < 4.78 is 5.09. The van der Waals surface area contributed by atoms with Gasteiger partial charge in [-0.05, 0) is 5.56 Å². The number of hydrogen-bond acceptors (Lipinski definition) is 4. The Morgan fingerprint density at radius 3 is 2.27 bits per heavy atom. The average Bonchev–Trinajstić information content (AvgIpc) is 2.43. The molecule has 22 heavy (non-hydrogen) atoms. The maximum absolute atomic E-state index is 12.0. The summed E-state index contributed by atoms with van der Waals surface area (Å²) in [7, 11) is 0. The quantitative estimate of drug-likeness (QED) is 0.781. The number of carbonyl (C=O) groups excluding carboxylic acids is 2. The second-order valence-electron chi connectivity index (χ2n) is 5.97. The van der Waals surface area contributed by atoms with Crippen LogP contribution in [-0.2, 0) is 25.7 Å². The molecule has 1 aromatic carbocycles. The summed E-state index contributed by atoms with van der Waals surface area (Å²) in [6, 6.07) is 7.81. The Morgan fingerprint density at radius 2 is 1.77 bits per heavy atom. The van der Waals surface area contributed by atoms with E-state index in [9.17, 15) is 14.4 Å². The third kappa shape index (κ3) is 5.95. The molecule has 2 N–H and O–H groups in total. The van der Waals surface area contributed by atoms with E-state index in [4.69, 9.17) is 9.84 Å². The molecule has 1 aromatic rings. The van der Waals surface area contributed by atoms with Gasteiger partial charge in [-0.2, -0.15) is 0 Å². The van der Waals surface area contributed by atoms with Gasteiger partial charge in [0.2, 0.25) is 5.91 Å². The minimum Gasteiger partial charge on any atom is -0.481 e. The van der Waals surface area contributed by atoms with Crippen LogP contribution in [0.4, 0.5) is 0 Å². The molecular weight excluding hydrogens is 286 g/mol. The normalized spacial score (nSPS) is 12.3. The standard InChI is InChI=1S/C16H21NO5/c1-16(2,3)15(21)17-12(9-13(18)19)14(20)22-10-11-7-5-4-6-8-11/h4-8,12H,9-10H2,1-3H3,(H,17,21)(H,18,19)/t12-/m0/s1. The zero-order valence-corrected chi connectivity index (χ0v) is 13.0. The van der Waals surface area contributed by atoms with E-state index in [1.54, 1.807) is 45.0 Å². The van der Waals surface area contributed by atoms with Gasteiger partial charge in [-0.3, -0.25) is 9.59 Å². The molecule has 6 heteroatoms. The average molecular weight is 307 g/mol. The van der Waals surface area contributed by atoms with Crippen molar-refractivity contribution < 1.29 is 24.2 Å². The first kappa shape index (κ1) is 17.7. The summed E-state index contributed by atoms with van der Waals surface area (Å²) >= 11 is 0. The van der Waals surface area contributed by atoms with Crippen molar-refractivity contribution in [1.82, 2.24) is 5.32 Å². The highest BCUT2D eigenvalue weighted by atomic mass is 16.5. The first-order chi connectivity index (χ1) is 10.2. The molecule has 0 saturated heterocycles. The second-order valence-corrected chi connectivity index (χ2v) is 5.97. The van der Waals surface area contributed by atoms with Gasteiger partial charge < -0.3 is 15.2 Å². The van der Waals surface area contributed by atoms with Crippen molar-refractivity contribution in [3.8, 4) is 0 Å². The molecule has 6 nitrogen and oxygen atoms in total. The lowest BCUT2D eigenvalue weighted by molar-refractivity contribution is -0.153. The summed E-state index contributed by atoms with van der Waals surface area (Å²) in [6.07, 6.45) is -0.518. The number of amides is 1. The fraction of sp³-hybridized carbons (Fsp3) is 0.438. The van der Waals surface area contributed by atoms with E-state index in [-0.39, 0.29) is 6.61 Å². The monoisotopic (exact) mass is 307 g/mol. The van der Waals surface area contributed by atoms with Crippen molar-refractivity contribution in [2.45, 2.75) is 39.8 Å². The Kier molecular flexibility index (Phi) is 6.10. The van der Waals surface area contributed by atoms with Gasteiger partial charge in [0.1, 0.15) is 12.6 Å². The van der Waals surface area contributed by atoms with Gasteiger partial charge in [-0.25, -0.2) is 4.79 Å². The van der Waals surface area contributed by atoms with Crippen LogP contribution >= 0.6 is 0 Å². The molecule has 0 heterocycles. The van der Waals surface area contributed by atoms with Gasteiger partial charge in [0.15, 0.2) is 0 Å². The van der Waals surface area contributed by atoms with E-state index in [2.05, 4.69) is 5.32 Å². The fourth-order valence-corrected chi connectivity index (χ4v) is 1.57. The van der Waals surface area contributed by atoms with Crippen LogP contribution < -0.4 is 5.32 Å². The molecule has 0 fully saturated rings. The molecule has 120 valence electrons. The fourth-order valence-electron chi connectivity index (χ4n) is 1.57. The highest BCUT2D eigenvalue weighted by molar-refractivity contribution is 5.89. The predicted octanol–water partition coefficient (Wildman–Crippen LogP) is 1.74. The van der Waals surface area contributed by atoms with Crippen LogP contribution in [0.1, 0.15) is 32.8 Å². The largest absolute Gasteiger partial charge is 0.481 e. The Bertz CT molecular complexity index is 533. The summed E-state index contributed by atoms with van der Waals surface area (Å²) in [5.74, 6) is -2.35. The molecule has 0 aromatic heterocycles. The van der Waals surface area contributed by atoms with Gasteiger partial charge in [0.05, 0.1) is 6.42 Å². The van der Waals surface area contributed by atoms with Gasteiger partial charge in [-0.1, -0.05) is 51.1 Å². The summed E-state index contributed by atoms with van der Waals surface area (Å²) in [4.78, 5) is 34.8. The van der Waals surface area contributed by atoms with E-state index in [0.29, 0.717) is 0 Å². The number of nitrogens with one attached hydrogen (secondary N) is 1. The minimum atomic E-state index is -1.20. The van der Waals surface area contributed by atoms with E-state index in [1.807, 2.05) is 6.07 Å². The number of hydrogen-bond donors (Lipinski definition) is 2. The number of esters is 1. The number of ether oxygens (including phenoxy) is 1. The summed E-state index contributed by atoms with van der Waals surface area (Å²) in [5, 5.41) is 11.3. The molecule has 0 unspecified atom stereocenters. The van der Waals surface area contributed by atoms with Crippen LogP contribution in [0.3, 0.4) is 0 Å². The smallest absolute Gasteiger partial charge is 0.329 e. The molecule has 0 radical (unpaired) electrons. The Hall–Kier alpha value is -2.37. The first-order valence-corrected chi connectivity index (χ1v) is 6.93. The van der Waals surface area contributed by atoms with Crippen LogP contribution in [0.25, 0.3) is 0 Å². The Labute approximate surface area is 129 Å². The minimum absolute atomic E-state index is 0.0289. The van der Waals surface area contributed by atoms with Crippen LogP contribution in [0.5, 0.6) is 0 Å². The van der Waals surface area contributed by atoms with Gasteiger partial charge in [0.25, 0.3) is 0 Å². The van der Waals surface area contributed by atoms with E-state index < -0.39 is 35.7 Å². The molecule has 0 bridgehead atoms. The first-order valence-electron chi connectivity index (χ1n) is 6.93. The zero-order valence-electron chi connectivity index (χ0n) is 13.0. The topological polar surface area (TPSA) is 92.7 Å². The molecule has 0 saturated carbocycles. The maximum atomic E-state index is 12.0. The van der Waals surface area contributed by atoms with Gasteiger partial charge in [-0.15, -0.1) is 0 Å². The van der Waals surface area contributed by atoms with Crippen molar-refractivity contribution in [2.24, 2.45) is 5.41 Å². The van der Waals surface area contributed by atoms with Crippen LogP contribution in [0, 0.1) is 5.41 Å². The number of aliphatic carboxylic acids is 1. The number of rotatable bonds is 6. The highest BCUT2D eigenvalue weighted by Crippen LogP contribution is 2.14. The Balaban J connectivity index is 2.68. The molecule has 1 amide bonds. The van der Waals surface area contributed by atoms with Crippen molar-refractivity contribution >= 4 is 17.8 Å². The third-order valence-electron chi connectivity index (χ3n) is 2.87. The summed E-state index contributed by atoms with van der Waals surface area (Å²) in [5.41, 5.74) is 0.0586. The van der Waals surface area contributed by atoms with Crippen LogP contribution in [0.15, 0.2) is 30.3 Å². The zero-order chi connectivity index (χ0) is 16.8. The van der Waals surface area contributed by atoms with Crippen molar-refractivity contribution in [2.75, 3.05) is 0 Å². The second kappa shape index (κ2) is 7.59.